The van der Waals surface area contributed by atoms with E-state index < -0.39 is 0 Å². The second-order valence-electron chi connectivity index (χ2n) is 7.58. The van der Waals surface area contributed by atoms with Gasteiger partial charge in [0.1, 0.15) is 5.52 Å². The zero-order chi connectivity index (χ0) is 17.1. The molecule has 1 unspecified atom stereocenters. The van der Waals surface area contributed by atoms with Gasteiger partial charge >= 0.3 is 0 Å². The van der Waals surface area contributed by atoms with Crippen LogP contribution in [0.4, 0.5) is 0 Å². The van der Waals surface area contributed by atoms with E-state index in [1.165, 1.54) is 43.4 Å². The largest absolute Gasteiger partial charge is 0.436 e. The topological polar surface area (TPSA) is 58.0 Å². The Bertz CT molecular complexity index is 1090. The lowest BCUT2D eigenvalue weighted by atomic mass is 9.75. The summed E-state index contributed by atoms with van der Waals surface area (Å²) in [6.07, 6.45) is 8.39. The number of aromatic nitrogens is 3. The lowest BCUT2D eigenvalue weighted by molar-refractivity contribution is 0.0877. The highest BCUT2D eigenvalue weighted by Crippen LogP contribution is 2.43. The Morgan fingerprint density at radius 3 is 2.85 bits per heavy atom. The fourth-order valence-corrected chi connectivity index (χ4v) is 4.86. The van der Waals surface area contributed by atoms with Crippen molar-refractivity contribution in [3.8, 4) is 11.5 Å². The van der Waals surface area contributed by atoms with Crippen LogP contribution in [-0.4, -0.2) is 39.5 Å². The van der Waals surface area contributed by atoms with Crippen molar-refractivity contribution >= 4 is 22.0 Å². The van der Waals surface area contributed by atoms with Crippen molar-refractivity contribution in [2.75, 3.05) is 19.6 Å². The quantitative estimate of drug-likeness (QED) is 0.593. The Kier molecular flexibility index (Phi) is 3.02. The fraction of sp³-hybridized carbons (Fsp3) is 0.333. The van der Waals surface area contributed by atoms with Crippen molar-refractivity contribution in [2.45, 2.75) is 18.8 Å². The van der Waals surface area contributed by atoms with Crippen LogP contribution in [0.2, 0.25) is 0 Å². The predicted octanol–water partition coefficient (Wildman–Crippen LogP) is 4.18. The Hall–Kier alpha value is -2.66. The first-order chi connectivity index (χ1) is 12.9. The Morgan fingerprint density at radius 2 is 2.08 bits per heavy atom. The van der Waals surface area contributed by atoms with Gasteiger partial charge < -0.3 is 14.3 Å². The number of hydrogen-bond acceptors (Lipinski definition) is 4. The molecule has 0 spiro atoms. The SMILES string of the molecule is c1cncc(-c2nc3c(ccc4[nH]cc(C5CN6CCC5CC6)c43)o2)c1. The van der Waals surface area contributed by atoms with Crippen LogP contribution in [0.15, 0.2) is 47.3 Å². The maximum atomic E-state index is 6.06. The van der Waals surface area contributed by atoms with Crippen LogP contribution in [0.5, 0.6) is 0 Å². The predicted molar refractivity (Wildman–Crippen MR) is 101 cm³/mol. The number of fused-ring (bicyclic) bond motifs is 6. The molecule has 26 heavy (non-hydrogen) atoms. The summed E-state index contributed by atoms with van der Waals surface area (Å²) >= 11 is 0. The summed E-state index contributed by atoms with van der Waals surface area (Å²) in [6.45, 7) is 3.68. The molecule has 0 aliphatic carbocycles. The van der Waals surface area contributed by atoms with Gasteiger partial charge in [-0.1, -0.05) is 0 Å². The van der Waals surface area contributed by atoms with Gasteiger partial charge in [0.25, 0.3) is 0 Å². The van der Waals surface area contributed by atoms with Gasteiger partial charge in [-0.15, -0.1) is 0 Å². The number of pyridine rings is 1. The highest BCUT2D eigenvalue weighted by molar-refractivity contribution is 6.05. The molecule has 5 nitrogen and oxygen atoms in total. The van der Waals surface area contributed by atoms with Crippen molar-refractivity contribution in [2.24, 2.45) is 5.92 Å². The third-order valence-corrected chi connectivity index (χ3v) is 6.20. The second kappa shape index (κ2) is 5.42. The van der Waals surface area contributed by atoms with Gasteiger partial charge in [-0.05, 0) is 61.7 Å². The minimum Gasteiger partial charge on any atom is -0.436 e. The number of rotatable bonds is 2. The molecule has 1 aromatic carbocycles. The lowest BCUT2D eigenvalue weighted by Gasteiger charge is -2.44. The van der Waals surface area contributed by atoms with Crippen molar-refractivity contribution in [1.29, 1.82) is 0 Å². The van der Waals surface area contributed by atoms with Crippen LogP contribution in [0.1, 0.15) is 24.3 Å². The van der Waals surface area contributed by atoms with Crippen LogP contribution in [-0.2, 0) is 0 Å². The van der Waals surface area contributed by atoms with E-state index in [9.17, 15) is 0 Å². The summed E-state index contributed by atoms with van der Waals surface area (Å²) < 4.78 is 6.06. The summed E-state index contributed by atoms with van der Waals surface area (Å²) in [5, 5.41) is 1.24. The number of aromatic amines is 1. The summed E-state index contributed by atoms with van der Waals surface area (Å²) in [5.41, 5.74) is 5.28. The van der Waals surface area contributed by atoms with Crippen molar-refractivity contribution in [1.82, 2.24) is 19.9 Å². The van der Waals surface area contributed by atoms with Crippen LogP contribution >= 0.6 is 0 Å². The lowest BCUT2D eigenvalue weighted by Crippen LogP contribution is -2.46. The molecular weight excluding hydrogens is 324 g/mol. The van der Waals surface area contributed by atoms with Crippen LogP contribution in [0.25, 0.3) is 33.5 Å². The van der Waals surface area contributed by atoms with Crippen molar-refractivity contribution in [3.63, 3.8) is 0 Å². The smallest absolute Gasteiger partial charge is 0.228 e. The highest BCUT2D eigenvalue weighted by atomic mass is 16.3. The number of hydrogen-bond donors (Lipinski definition) is 1. The molecule has 3 saturated heterocycles. The molecule has 2 bridgehead atoms. The molecular formula is C21H20N4O. The summed E-state index contributed by atoms with van der Waals surface area (Å²) in [7, 11) is 0. The molecule has 3 aliphatic heterocycles. The maximum absolute atomic E-state index is 6.06. The maximum Gasteiger partial charge on any atom is 0.228 e. The molecule has 6 heterocycles. The molecule has 0 radical (unpaired) electrons. The van der Waals surface area contributed by atoms with Gasteiger partial charge in [-0.25, -0.2) is 4.98 Å². The molecule has 0 saturated carbocycles. The molecule has 3 aliphatic rings. The van der Waals surface area contributed by atoms with E-state index in [2.05, 4.69) is 27.1 Å². The Morgan fingerprint density at radius 1 is 1.15 bits per heavy atom. The number of nitrogens with zero attached hydrogens (tertiary/aromatic N) is 3. The van der Waals surface area contributed by atoms with Gasteiger partial charge in [0.2, 0.25) is 5.89 Å². The van der Waals surface area contributed by atoms with Gasteiger partial charge in [-0.2, -0.15) is 0 Å². The molecule has 1 atom stereocenters. The third-order valence-electron chi connectivity index (χ3n) is 6.20. The average molecular weight is 344 g/mol. The molecule has 0 amide bonds. The summed E-state index contributed by atoms with van der Waals surface area (Å²) in [5.74, 6) is 2.02. The van der Waals surface area contributed by atoms with Crippen molar-refractivity contribution < 1.29 is 4.42 Å². The number of oxazole rings is 1. The van der Waals surface area contributed by atoms with E-state index in [0.717, 1.165) is 28.1 Å². The summed E-state index contributed by atoms with van der Waals surface area (Å²) in [6, 6.07) is 8.02. The highest BCUT2D eigenvalue weighted by Gasteiger charge is 2.36. The molecule has 130 valence electrons. The van der Waals surface area contributed by atoms with E-state index in [-0.39, 0.29) is 0 Å². The zero-order valence-electron chi connectivity index (χ0n) is 14.5. The fourth-order valence-electron chi connectivity index (χ4n) is 4.86. The van der Waals surface area contributed by atoms with Gasteiger partial charge in [0.05, 0.1) is 5.56 Å². The zero-order valence-corrected chi connectivity index (χ0v) is 14.5. The Balaban J connectivity index is 1.54. The standard InChI is InChI=1S/C21H20N4O/c1-2-14(10-22-7-1)21-24-20-18(26-21)4-3-17-19(20)15(11-23-17)16-12-25-8-5-13(16)6-9-25/h1-4,7,10-11,13,16,23H,5-6,8-9,12H2. The monoisotopic (exact) mass is 344 g/mol. The van der Waals surface area contributed by atoms with Gasteiger partial charge in [0.15, 0.2) is 5.58 Å². The molecule has 7 rings (SSSR count). The van der Waals surface area contributed by atoms with E-state index in [0.29, 0.717) is 11.8 Å². The van der Waals surface area contributed by atoms with Crippen molar-refractivity contribution in [3.05, 3.63) is 48.4 Å². The molecule has 4 aromatic rings. The van der Waals surface area contributed by atoms with E-state index in [1.54, 1.807) is 12.4 Å². The second-order valence-corrected chi connectivity index (χ2v) is 7.58. The molecule has 3 fully saturated rings. The first-order valence-electron chi connectivity index (χ1n) is 9.40. The Labute approximate surface area is 151 Å². The molecule has 3 aromatic heterocycles. The minimum atomic E-state index is 0.593. The molecule has 1 N–H and O–H groups in total. The van der Waals surface area contributed by atoms with Crippen LogP contribution in [0.3, 0.4) is 0 Å². The number of piperidine rings is 3. The molecule has 5 heteroatoms. The van der Waals surface area contributed by atoms with E-state index in [4.69, 9.17) is 9.40 Å². The van der Waals surface area contributed by atoms with Gasteiger partial charge in [-0.3, -0.25) is 4.98 Å². The summed E-state index contributed by atoms with van der Waals surface area (Å²) in [4.78, 5) is 15.1. The minimum absolute atomic E-state index is 0.593. The number of nitrogens with one attached hydrogen (secondary N) is 1. The normalized spacial score (nSPS) is 25.3. The van der Waals surface area contributed by atoms with Crippen LogP contribution in [0, 0.1) is 5.92 Å². The average Bonchev–Trinajstić information content (AvgIpc) is 3.33. The first-order valence-corrected chi connectivity index (χ1v) is 9.40. The third kappa shape index (κ3) is 2.07. The number of H-pyrrole nitrogens is 1. The first kappa shape index (κ1) is 14.5. The van der Waals surface area contributed by atoms with Crippen LogP contribution < -0.4 is 0 Å². The number of benzene rings is 1. The van der Waals surface area contributed by atoms with Gasteiger partial charge in [0, 0.05) is 42.0 Å². The van der Waals surface area contributed by atoms with E-state index in [1.807, 2.05) is 18.2 Å². The van der Waals surface area contributed by atoms with E-state index >= 15 is 0 Å².